The number of ether oxygens (including phenoxy) is 2. The minimum Gasteiger partial charge on any atom is -0.487 e. The Morgan fingerprint density at radius 2 is 1.97 bits per heavy atom. The molecule has 6 nitrogen and oxygen atoms in total. The fraction of sp³-hybridized carbons (Fsp3) is 0.304. The molecule has 3 aromatic rings. The first-order valence-corrected chi connectivity index (χ1v) is 9.83. The number of amides is 1. The molecule has 0 saturated carbocycles. The van der Waals surface area contributed by atoms with Crippen LogP contribution in [0.5, 0.6) is 5.75 Å². The van der Waals surface area contributed by atoms with Crippen LogP contribution < -0.4 is 10.1 Å². The lowest BCUT2D eigenvalue weighted by molar-refractivity contribution is 0.0858. The van der Waals surface area contributed by atoms with Crippen LogP contribution in [0.4, 0.5) is 0 Å². The summed E-state index contributed by atoms with van der Waals surface area (Å²) in [7, 11) is 0. The molecule has 1 N–H and O–H groups in total. The summed E-state index contributed by atoms with van der Waals surface area (Å²) in [5.41, 5.74) is 2.17. The summed E-state index contributed by atoms with van der Waals surface area (Å²) in [6.07, 6.45) is 2.19. The van der Waals surface area contributed by atoms with Gasteiger partial charge in [-0.25, -0.2) is 4.98 Å². The van der Waals surface area contributed by atoms with Gasteiger partial charge in [-0.2, -0.15) is 0 Å². The molecule has 150 valence electrons. The molecule has 1 aliphatic heterocycles. The zero-order valence-electron chi connectivity index (χ0n) is 16.4. The second kappa shape index (κ2) is 8.92. The first-order chi connectivity index (χ1) is 14.2. The number of nitrogens with one attached hydrogen (secondary N) is 1. The number of oxazole rings is 1. The number of carbonyl (C=O) groups is 1. The Morgan fingerprint density at radius 1 is 1.17 bits per heavy atom. The van der Waals surface area contributed by atoms with E-state index >= 15 is 0 Å². The van der Waals surface area contributed by atoms with Gasteiger partial charge in [0.25, 0.3) is 5.91 Å². The van der Waals surface area contributed by atoms with Gasteiger partial charge in [0.05, 0.1) is 6.10 Å². The molecule has 6 heteroatoms. The molecule has 0 radical (unpaired) electrons. The van der Waals surface area contributed by atoms with Crippen LogP contribution in [0.25, 0.3) is 11.5 Å². The van der Waals surface area contributed by atoms with Gasteiger partial charge in [0.15, 0.2) is 0 Å². The van der Waals surface area contributed by atoms with Gasteiger partial charge in [-0.05, 0) is 56.2 Å². The summed E-state index contributed by atoms with van der Waals surface area (Å²) < 4.78 is 17.1. The average Bonchev–Trinajstić information content (AvgIpc) is 3.41. The normalized spacial score (nSPS) is 16.0. The SMILES string of the molecule is Cc1oc(-c2ccc(C(=O)NCC3CCCO3)cc2)nc1COc1ccccc1. The van der Waals surface area contributed by atoms with Gasteiger partial charge in [0.2, 0.25) is 5.89 Å². The third-order valence-corrected chi connectivity index (χ3v) is 4.92. The van der Waals surface area contributed by atoms with Crippen LogP contribution >= 0.6 is 0 Å². The third kappa shape index (κ3) is 4.84. The lowest BCUT2D eigenvalue weighted by Crippen LogP contribution is -2.31. The number of aryl methyl sites for hydroxylation is 1. The lowest BCUT2D eigenvalue weighted by atomic mass is 10.1. The predicted octanol–water partition coefficient (Wildman–Crippen LogP) is 4.14. The van der Waals surface area contributed by atoms with Crippen molar-refractivity contribution in [1.29, 1.82) is 0 Å². The summed E-state index contributed by atoms with van der Waals surface area (Å²) in [5.74, 6) is 1.91. The third-order valence-electron chi connectivity index (χ3n) is 4.92. The van der Waals surface area contributed by atoms with E-state index in [1.807, 2.05) is 49.4 Å². The fourth-order valence-electron chi connectivity index (χ4n) is 3.23. The molecule has 1 aromatic heterocycles. The molecule has 1 unspecified atom stereocenters. The Morgan fingerprint density at radius 3 is 2.69 bits per heavy atom. The van der Waals surface area contributed by atoms with E-state index in [-0.39, 0.29) is 12.0 Å². The largest absolute Gasteiger partial charge is 0.487 e. The van der Waals surface area contributed by atoms with E-state index in [1.165, 1.54) is 0 Å². The summed E-state index contributed by atoms with van der Waals surface area (Å²) >= 11 is 0. The van der Waals surface area contributed by atoms with Crippen molar-refractivity contribution in [3.63, 3.8) is 0 Å². The monoisotopic (exact) mass is 392 g/mol. The Labute approximate surface area is 169 Å². The number of hydrogen-bond donors (Lipinski definition) is 1. The zero-order chi connectivity index (χ0) is 20.1. The number of hydrogen-bond acceptors (Lipinski definition) is 5. The highest BCUT2D eigenvalue weighted by Gasteiger charge is 2.17. The van der Waals surface area contributed by atoms with E-state index in [0.29, 0.717) is 30.4 Å². The summed E-state index contributed by atoms with van der Waals surface area (Å²) in [4.78, 5) is 16.9. The fourth-order valence-corrected chi connectivity index (χ4v) is 3.23. The Balaban J connectivity index is 1.37. The lowest BCUT2D eigenvalue weighted by Gasteiger charge is -2.10. The van der Waals surface area contributed by atoms with Crippen molar-refractivity contribution in [1.82, 2.24) is 10.3 Å². The Hall–Kier alpha value is -3.12. The van der Waals surface area contributed by atoms with Gasteiger partial charge < -0.3 is 19.2 Å². The van der Waals surface area contributed by atoms with Crippen LogP contribution in [-0.4, -0.2) is 30.1 Å². The van der Waals surface area contributed by atoms with Gasteiger partial charge in [-0.3, -0.25) is 4.79 Å². The maximum absolute atomic E-state index is 12.3. The summed E-state index contributed by atoms with van der Waals surface area (Å²) in [6.45, 7) is 3.53. The van der Waals surface area contributed by atoms with Gasteiger partial charge in [-0.15, -0.1) is 0 Å². The Bertz CT molecular complexity index is 945. The molecular weight excluding hydrogens is 368 g/mol. The number of rotatable bonds is 7. The molecule has 4 rings (SSSR count). The van der Waals surface area contributed by atoms with Gasteiger partial charge in [-0.1, -0.05) is 18.2 Å². The molecule has 1 amide bonds. The topological polar surface area (TPSA) is 73.6 Å². The molecule has 1 atom stereocenters. The van der Waals surface area contributed by atoms with Crippen molar-refractivity contribution in [2.75, 3.05) is 13.2 Å². The van der Waals surface area contributed by atoms with E-state index < -0.39 is 0 Å². The number of para-hydroxylation sites is 1. The van der Waals surface area contributed by atoms with Crippen molar-refractivity contribution < 1.29 is 18.7 Å². The highest BCUT2D eigenvalue weighted by atomic mass is 16.5. The van der Waals surface area contributed by atoms with Crippen LogP contribution in [-0.2, 0) is 11.3 Å². The van der Waals surface area contributed by atoms with Gasteiger partial charge in [0, 0.05) is 24.3 Å². The van der Waals surface area contributed by atoms with Crippen molar-refractivity contribution >= 4 is 5.91 Å². The van der Waals surface area contributed by atoms with E-state index in [9.17, 15) is 4.79 Å². The maximum Gasteiger partial charge on any atom is 0.251 e. The van der Waals surface area contributed by atoms with Crippen molar-refractivity contribution in [2.24, 2.45) is 0 Å². The van der Waals surface area contributed by atoms with Crippen LogP contribution in [0, 0.1) is 6.92 Å². The maximum atomic E-state index is 12.3. The summed E-state index contributed by atoms with van der Waals surface area (Å²) in [6, 6.07) is 16.8. The number of benzene rings is 2. The van der Waals surface area contributed by atoms with Crippen molar-refractivity contribution in [2.45, 2.75) is 32.5 Å². The molecule has 1 saturated heterocycles. The standard InChI is InChI=1S/C23H24N2O4/c1-16-21(15-28-19-6-3-2-4-7-19)25-23(29-16)18-11-9-17(10-12-18)22(26)24-14-20-8-5-13-27-20/h2-4,6-7,9-12,20H,5,8,13-15H2,1H3,(H,24,26). The van der Waals surface area contributed by atoms with E-state index in [1.54, 1.807) is 12.1 Å². The second-order valence-electron chi connectivity index (χ2n) is 7.05. The van der Waals surface area contributed by atoms with Crippen molar-refractivity contribution in [3.8, 4) is 17.2 Å². The first-order valence-electron chi connectivity index (χ1n) is 9.83. The number of carbonyl (C=O) groups excluding carboxylic acids is 1. The van der Waals surface area contributed by atoms with Crippen molar-refractivity contribution in [3.05, 3.63) is 71.6 Å². The predicted molar refractivity (Wildman–Crippen MR) is 109 cm³/mol. The highest BCUT2D eigenvalue weighted by Crippen LogP contribution is 2.23. The molecule has 0 bridgehead atoms. The molecule has 0 aliphatic carbocycles. The zero-order valence-corrected chi connectivity index (χ0v) is 16.4. The van der Waals surface area contributed by atoms with Gasteiger partial charge >= 0.3 is 0 Å². The molecule has 1 aliphatic rings. The molecule has 2 heterocycles. The molecule has 1 fully saturated rings. The molecule has 29 heavy (non-hydrogen) atoms. The van der Waals surface area contributed by atoms with E-state index in [0.717, 1.165) is 36.5 Å². The quantitative estimate of drug-likeness (QED) is 0.654. The molecular formula is C23H24N2O4. The minimum atomic E-state index is -0.104. The minimum absolute atomic E-state index is 0.104. The van der Waals surface area contributed by atoms with Crippen LogP contribution in [0.1, 0.15) is 34.7 Å². The molecule has 2 aromatic carbocycles. The molecule has 0 spiro atoms. The van der Waals surface area contributed by atoms with Crippen LogP contribution in [0.3, 0.4) is 0 Å². The smallest absolute Gasteiger partial charge is 0.251 e. The van der Waals surface area contributed by atoms with Crippen LogP contribution in [0.2, 0.25) is 0 Å². The second-order valence-corrected chi connectivity index (χ2v) is 7.05. The van der Waals surface area contributed by atoms with E-state index in [2.05, 4.69) is 10.3 Å². The summed E-state index contributed by atoms with van der Waals surface area (Å²) in [5, 5.41) is 2.93. The van der Waals surface area contributed by atoms with Gasteiger partial charge in [0.1, 0.15) is 23.8 Å². The first kappa shape index (κ1) is 19.2. The van der Waals surface area contributed by atoms with Crippen LogP contribution in [0.15, 0.2) is 59.0 Å². The number of nitrogens with zero attached hydrogens (tertiary/aromatic N) is 1. The Kier molecular flexibility index (Phi) is 5.91. The average molecular weight is 392 g/mol. The number of aromatic nitrogens is 1. The van der Waals surface area contributed by atoms with E-state index in [4.69, 9.17) is 13.9 Å². The highest BCUT2D eigenvalue weighted by molar-refractivity contribution is 5.94.